The van der Waals surface area contributed by atoms with E-state index in [-0.39, 0.29) is 0 Å². The molecule has 0 N–H and O–H groups in total. The summed E-state index contributed by atoms with van der Waals surface area (Å²) in [6, 6.07) is 0. The lowest BCUT2D eigenvalue weighted by molar-refractivity contribution is 0.467. The molecule has 9 heavy (non-hydrogen) atoms. The monoisotopic (exact) mass is 166 g/mol. The maximum Gasteiger partial charge on any atom is 0.0254 e. The zero-order valence-electron chi connectivity index (χ0n) is 5.45. The van der Waals surface area contributed by atoms with E-state index in [9.17, 15) is 0 Å². The minimum absolute atomic E-state index is 0.712. The van der Waals surface area contributed by atoms with Gasteiger partial charge in [0, 0.05) is 11.8 Å². The Labute approximate surface area is 66.5 Å². The quantitative estimate of drug-likeness (QED) is 0.554. The van der Waals surface area contributed by atoms with Gasteiger partial charge in [0.15, 0.2) is 0 Å². The molecule has 0 aromatic rings. The predicted molar refractivity (Wildman–Crippen MR) is 42.3 cm³/mol. The van der Waals surface area contributed by atoms with Crippen molar-refractivity contribution in [2.45, 2.75) is 19.3 Å². The molecule has 0 spiro atoms. The first-order valence-corrected chi connectivity index (χ1v) is 4.57. The Balaban J connectivity index is 2.32. The second-order valence-corrected chi connectivity index (χ2v) is 3.38. The highest BCUT2D eigenvalue weighted by Crippen LogP contribution is 2.32. The molecule has 2 unspecified atom stereocenters. The summed E-state index contributed by atoms with van der Waals surface area (Å²) in [5.74, 6) is 3.03. The Morgan fingerprint density at radius 3 is 1.78 bits per heavy atom. The van der Waals surface area contributed by atoms with Crippen LogP contribution < -0.4 is 0 Å². The molecule has 2 atom stereocenters. The van der Waals surface area contributed by atoms with E-state index >= 15 is 0 Å². The Bertz CT molecular complexity index is 73.0. The van der Waals surface area contributed by atoms with Crippen molar-refractivity contribution in [3.8, 4) is 0 Å². The van der Waals surface area contributed by atoms with Crippen molar-refractivity contribution in [3.05, 3.63) is 0 Å². The van der Waals surface area contributed by atoms with Crippen LogP contribution in [0.25, 0.3) is 0 Å². The van der Waals surface area contributed by atoms with Crippen LogP contribution in [0.3, 0.4) is 0 Å². The van der Waals surface area contributed by atoms with Crippen LogP contribution in [0.1, 0.15) is 19.3 Å². The second-order valence-electron chi connectivity index (χ2n) is 2.76. The lowest BCUT2D eigenvalue weighted by Crippen LogP contribution is -2.10. The minimum atomic E-state index is 0.712. The van der Waals surface area contributed by atoms with Gasteiger partial charge in [0.2, 0.25) is 0 Å². The molecule has 2 heteroatoms. The minimum Gasteiger partial charge on any atom is -0.126 e. The molecular formula is C7H12Cl2. The van der Waals surface area contributed by atoms with E-state index in [4.69, 9.17) is 23.2 Å². The summed E-state index contributed by atoms with van der Waals surface area (Å²) in [6.07, 6.45) is 3.91. The van der Waals surface area contributed by atoms with Gasteiger partial charge in [0.1, 0.15) is 0 Å². The van der Waals surface area contributed by atoms with Gasteiger partial charge in [-0.1, -0.05) is 6.42 Å². The van der Waals surface area contributed by atoms with Crippen LogP contribution in [-0.4, -0.2) is 11.8 Å². The normalized spacial score (nSPS) is 35.3. The van der Waals surface area contributed by atoms with Gasteiger partial charge in [-0.2, -0.15) is 0 Å². The first-order chi connectivity index (χ1) is 4.38. The van der Waals surface area contributed by atoms with Crippen molar-refractivity contribution in [2.75, 3.05) is 11.8 Å². The van der Waals surface area contributed by atoms with Crippen LogP contribution in [0.15, 0.2) is 0 Å². The molecule has 0 heterocycles. The van der Waals surface area contributed by atoms with Crippen LogP contribution in [0, 0.1) is 11.8 Å². The zero-order chi connectivity index (χ0) is 6.69. The average molecular weight is 167 g/mol. The van der Waals surface area contributed by atoms with Crippen molar-refractivity contribution >= 4 is 23.2 Å². The Morgan fingerprint density at radius 1 is 1.00 bits per heavy atom. The van der Waals surface area contributed by atoms with Crippen LogP contribution in [-0.2, 0) is 0 Å². The Hall–Kier alpha value is 0.580. The number of rotatable bonds is 2. The summed E-state index contributed by atoms with van der Waals surface area (Å²) >= 11 is 11.4. The van der Waals surface area contributed by atoms with Crippen molar-refractivity contribution in [2.24, 2.45) is 11.8 Å². The van der Waals surface area contributed by atoms with E-state index in [1.807, 2.05) is 0 Å². The van der Waals surface area contributed by atoms with E-state index in [0.29, 0.717) is 11.8 Å². The van der Waals surface area contributed by atoms with Gasteiger partial charge in [-0.15, -0.1) is 23.2 Å². The summed E-state index contributed by atoms with van der Waals surface area (Å²) in [6.45, 7) is 0. The van der Waals surface area contributed by atoms with Gasteiger partial charge in [-0.25, -0.2) is 0 Å². The molecule has 54 valence electrons. The number of alkyl halides is 2. The fourth-order valence-electron chi connectivity index (χ4n) is 1.52. The Morgan fingerprint density at radius 2 is 1.44 bits per heavy atom. The molecule has 0 radical (unpaired) electrons. The lowest BCUT2D eigenvalue weighted by atomic mass is 10.0. The molecule has 0 bridgehead atoms. The predicted octanol–water partition coefficient (Wildman–Crippen LogP) is 2.88. The lowest BCUT2D eigenvalue weighted by Gasteiger charge is -2.12. The number of halogens is 2. The molecule has 1 saturated carbocycles. The molecule has 0 aromatic heterocycles. The first kappa shape index (κ1) is 7.68. The fraction of sp³-hybridized carbons (Fsp3) is 1.00. The SMILES string of the molecule is ClCC1CCCC1CCl. The molecule has 0 nitrogen and oxygen atoms in total. The topological polar surface area (TPSA) is 0 Å². The molecule has 0 aromatic carbocycles. The highest BCUT2D eigenvalue weighted by atomic mass is 35.5. The van der Waals surface area contributed by atoms with Gasteiger partial charge in [0.05, 0.1) is 0 Å². The van der Waals surface area contributed by atoms with Crippen LogP contribution in [0.4, 0.5) is 0 Å². The largest absolute Gasteiger partial charge is 0.126 e. The van der Waals surface area contributed by atoms with Crippen molar-refractivity contribution in [1.82, 2.24) is 0 Å². The third kappa shape index (κ3) is 1.75. The molecular weight excluding hydrogens is 155 g/mol. The van der Waals surface area contributed by atoms with Crippen LogP contribution in [0.2, 0.25) is 0 Å². The fourth-order valence-corrected chi connectivity index (χ4v) is 2.33. The third-order valence-corrected chi connectivity index (χ3v) is 3.01. The second kappa shape index (κ2) is 3.68. The van der Waals surface area contributed by atoms with E-state index in [1.54, 1.807) is 0 Å². The molecule has 0 amide bonds. The summed E-state index contributed by atoms with van der Waals surface area (Å²) in [5.41, 5.74) is 0. The Kier molecular flexibility index (Phi) is 3.14. The summed E-state index contributed by atoms with van der Waals surface area (Å²) < 4.78 is 0. The molecule has 1 rings (SSSR count). The molecule has 1 aliphatic carbocycles. The van der Waals surface area contributed by atoms with E-state index in [1.165, 1.54) is 19.3 Å². The smallest absolute Gasteiger partial charge is 0.0254 e. The van der Waals surface area contributed by atoms with Gasteiger partial charge in [-0.05, 0) is 24.7 Å². The van der Waals surface area contributed by atoms with Gasteiger partial charge >= 0.3 is 0 Å². The highest BCUT2D eigenvalue weighted by Gasteiger charge is 2.24. The maximum atomic E-state index is 5.72. The van der Waals surface area contributed by atoms with Gasteiger partial charge < -0.3 is 0 Å². The molecule has 1 aliphatic rings. The molecule has 0 aliphatic heterocycles. The van der Waals surface area contributed by atoms with E-state index < -0.39 is 0 Å². The van der Waals surface area contributed by atoms with Crippen molar-refractivity contribution in [3.63, 3.8) is 0 Å². The van der Waals surface area contributed by atoms with E-state index in [0.717, 1.165) is 11.8 Å². The summed E-state index contributed by atoms with van der Waals surface area (Å²) in [7, 11) is 0. The first-order valence-electron chi connectivity index (χ1n) is 3.50. The third-order valence-electron chi connectivity index (χ3n) is 2.21. The highest BCUT2D eigenvalue weighted by molar-refractivity contribution is 6.19. The average Bonchev–Trinajstić information content (AvgIpc) is 2.33. The zero-order valence-corrected chi connectivity index (χ0v) is 6.96. The molecule has 0 saturated heterocycles. The van der Waals surface area contributed by atoms with Crippen LogP contribution >= 0.6 is 23.2 Å². The summed E-state index contributed by atoms with van der Waals surface area (Å²) in [4.78, 5) is 0. The van der Waals surface area contributed by atoms with Gasteiger partial charge in [-0.3, -0.25) is 0 Å². The summed E-state index contributed by atoms with van der Waals surface area (Å²) in [5, 5.41) is 0. The maximum absolute atomic E-state index is 5.72. The number of hydrogen-bond donors (Lipinski definition) is 0. The van der Waals surface area contributed by atoms with E-state index in [2.05, 4.69) is 0 Å². The molecule has 1 fully saturated rings. The number of hydrogen-bond acceptors (Lipinski definition) is 0. The standard InChI is InChI=1S/C7H12Cl2/c8-4-6-2-1-3-7(6)5-9/h6-7H,1-5H2. The van der Waals surface area contributed by atoms with Crippen LogP contribution in [0.5, 0.6) is 0 Å². The van der Waals surface area contributed by atoms with Crippen molar-refractivity contribution in [1.29, 1.82) is 0 Å². The van der Waals surface area contributed by atoms with Crippen molar-refractivity contribution < 1.29 is 0 Å². The van der Waals surface area contributed by atoms with Gasteiger partial charge in [0.25, 0.3) is 0 Å².